The zero-order chi connectivity index (χ0) is 20.1. The summed E-state index contributed by atoms with van der Waals surface area (Å²) in [5.74, 6) is -0.354. The Bertz CT molecular complexity index is 1180. The van der Waals surface area contributed by atoms with Gasteiger partial charge in [-0.1, -0.05) is 23.7 Å². The number of nitriles is 1. The van der Waals surface area contributed by atoms with Gasteiger partial charge in [0, 0.05) is 5.02 Å². The topological polar surface area (TPSA) is 116 Å². The van der Waals surface area contributed by atoms with Crippen LogP contribution in [0.1, 0.15) is 17.8 Å². The molecule has 0 fully saturated rings. The van der Waals surface area contributed by atoms with E-state index in [0.717, 1.165) is 0 Å². The van der Waals surface area contributed by atoms with Crippen molar-refractivity contribution in [3.05, 3.63) is 69.2 Å². The third-order valence-corrected chi connectivity index (χ3v) is 4.03. The minimum atomic E-state index is -0.950. The minimum Gasteiger partial charge on any atom is -0.493 e. The minimum absolute atomic E-state index is 0.0356. The first-order chi connectivity index (χ1) is 13.5. The lowest BCUT2D eigenvalue weighted by atomic mass is 10.1. The van der Waals surface area contributed by atoms with E-state index in [1.54, 1.807) is 48.5 Å². The normalized spacial score (nSPS) is 11.2. The fourth-order valence-corrected chi connectivity index (χ4v) is 2.68. The van der Waals surface area contributed by atoms with Crippen molar-refractivity contribution in [2.24, 2.45) is 0 Å². The molecular weight excluding hydrogens is 382 g/mol. The predicted molar refractivity (Wildman–Crippen MR) is 105 cm³/mol. The average Bonchev–Trinajstić information content (AvgIpc) is 2.65. The van der Waals surface area contributed by atoms with Crippen LogP contribution in [0.4, 0.5) is 0 Å². The van der Waals surface area contributed by atoms with Crippen LogP contribution in [0.25, 0.3) is 22.6 Å². The van der Waals surface area contributed by atoms with Crippen LogP contribution in [-0.4, -0.2) is 27.7 Å². The highest BCUT2D eigenvalue weighted by Crippen LogP contribution is 2.20. The van der Waals surface area contributed by atoms with Gasteiger partial charge in [0.2, 0.25) is 0 Å². The molecule has 140 valence electrons. The molecule has 0 saturated carbocycles. The van der Waals surface area contributed by atoms with Gasteiger partial charge in [0.15, 0.2) is 5.82 Å². The number of aromatic nitrogens is 2. The highest BCUT2D eigenvalue weighted by molar-refractivity contribution is 6.31. The lowest BCUT2D eigenvalue weighted by molar-refractivity contribution is -0.137. The summed E-state index contributed by atoms with van der Waals surface area (Å²) in [5.41, 5.74) is 0.807. The van der Waals surface area contributed by atoms with Gasteiger partial charge < -0.3 is 14.8 Å². The van der Waals surface area contributed by atoms with Crippen LogP contribution in [-0.2, 0) is 4.79 Å². The van der Waals surface area contributed by atoms with Crippen LogP contribution < -0.4 is 10.3 Å². The lowest BCUT2D eigenvalue weighted by Gasteiger charge is -2.06. The van der Waals surface area contributed by atoms with Crippen molar-refractivity contribution >= 4 is 40.1 Å². The van der Waals surface area contributed by atoms with Crippen LogP contribution in [0.5, 0.6) is 5.75 Å². The standard InChI is InChI=1S/C20H14ClN3O4/c21-14-4-5-16-17(10-14)23-19(24-20(16)27)13(11-22)8-12-2-1-3-15(9-12)28-7-6-18(25)26/h1-5,8-10H,6-7H2,(H,25,26)(H,23,24,27)/b13-8-. The monoisotopic (exact) mass is 395 g/mol. The summed E-state index contributed by atoms with van der Waals surface area (Å²) < 4.78 is 5.39. The molecule has 8 heteroatoms. The molecule has 3 rings (SSSR count). The Morgan fingerprint density at radius 3 is 2.89 bits per heavy atom. The molecule has 7 nitrogen and oxygen atoms in total. The molecule has 3 aromatic rings. The number of H-pyrrole nitrogens is 1. The maximum atomic E-state index is 12.3. The number of allylic oxidation sites excluding steroid dienone is 1. The number of rotatable bonds is 6. The molecule has 1 heterocycles. The van der Waals surface area contributed by atoms with Gasteiger partial charge >= 0.3 is 5.97 Å². The van der Waals surface area contributed by atoms with Gasteiger partial charge in [-0.15, -0.1) is 0 Å². The molecule has 0 radical (unpaired) electrons. The first-order valence-electron chi connectivity index (χ1n) is 8.22. The van der Waals surface area contributed by atoms with Gasteiger partial charge in [-0.2, -0.15) is 5.26 Å². The van der Waals surface area contributed by atoms with E-state index in [9.17, 15) is 14.9 Å². The third-order valence-electron chi connectivity index (χ3n) is 3.80. The van der Waals surface area contributed by atoms with E-state index in [4.69, 9.17) is 21.4 Å². The van der Waals surface area contributed by atoms with E-state index in [-0.39, 0.29) is 30.0 Å². The lowest BCUT2D eigenvalue weighted by Crippen LogP contribution is -2.11. The molecule has 0 saturated heterocycles. The quantitative estimate of drug-likeness (QED) is 0.617. The SMILES string of the molecule is N#C/C(=C/c1cccc(OCCC(=O)O)c1)c1nc2cc(Cl)ccc2c(=O)[nH]1. The number of benzene rings is 2. The van der Waals surface area contributed by atoms with Crippen LogP contribution in [0.3, 0.4) is 0 Å². The van der Waals surface area contributed by atoms with E-state index in [1.165, 1.54) is 0 Å². The molecule has 0 amide bonds. The Morgan fingerprint density at radius 1 is 1.32 bits per heavy atom. The highest BCUT2D eigenvalue weighted by Gasteiger charge is 2.09. The summed E-state index contributed by atoms with van der Waals surface area (Å²) in [6.45, 7) is 0.0356. The number of nitrogens with one attached hydrogen (secondary N) is 1. The molecule has 2 N–H and O–H groups in total. The molecule has 2 aromatic carbocycles. The van der Waals surface area contributed by atoms with Crippen molar-refractivity contribution < 1.29 is 14.6 Å². The molecule has 0 spiro atoms. The maximum absolute atomic E-state index is 12.3. The number of hydrogen-bond donors (Lipinski definition) is 2. The van der Waals surface area contributed by atoms with Crippen LogP contribution in [0.2, 0.25) is 5.02 Å². The number of aromatic amines is 1. The zero-order valence-corrected chi connectivity index (χ0v) is 15.2. The Labute approximate surface area is 164 Å². The Hall–Kier alpha value is -3.63. The summed E-state index contributed by atoms with van der Waals surface area (Å²) in [6.07, 6.45) is 1.44. The Morgan fingerprint density at radius 2 is 2.14 bits per heavy atom. The van der Waals surface area contributed by atoms with E-state index in [2.05, 4.69) is 9.97 Å². The maximum Gasteiger partial charge on any atom is 0.306 e. The van der Waals surface area contributed by atoms with Crippen LogP contribution in [0, 0.1) is 11.3 Å². The molecule has 1 aromatic heterocycles. The molecule has 0 aliphatic carbocycles. The fourth-order valence-electron chi connectivity index (χ4n) is 2.51. The van der Waals surface area contributed by atoms with Crippen LogP contribution >= 0.6 is 11.6 Å². The van der Waals surface area contributed by atoms with Gasteiger partial charge in [0.25, 0.3) is 5.56 Å². The number of aliphatic carboxylic acids is 1. The van der Waals surface area contributed by atoms with Gasteiger partial charge in [-0.05, 0) is 42.0 Å². The van der Waals surface area contributed by atoms with Crippen molar-refractivity contribution in [3.63, 3.8) is 0 Å². The number of carboxylic acid groups (broad SMARTS) is 1. The number of nitrogens with zero attached hydrogens (tertiary/aromatic N) is 2. The van der Waals surface area contributed by atoms with E-state index >= 15 is 0 Å². The summed E-state index contributed by atoms with van der Waals surface area (Å²) in [6, 6.07) is 13.6. The number of fused-ring (bicyclic) bond motifs is 1. The van der Waals surface area contributed by atoms with Crippen LogP contribution in [0.15, 0.2) is 47.3 Å². The zero-order valence-electron chi connectivity index (χ0n) is 14.5. The molecule has 0 aliphatic rings. The van der Waals surface area contributed by atoms with Gasteiger partial charge in [-0.25, -0.2) is 4.98 Å². The first-order valence-corrected chi connectivity index (χ1v) is 8.60. The first kappa shape index (κ1) is 19.1. The van der Waals surface area contributed by atoms with Gasteiger partial charge in [-0.3, -0.25) is 9.59 Å². The van der Waals surface area contributed by atoms with E-state index < -0.39 is 5.97 Å². The molecule has 0 aliphatic heterocycles. The summed E-state index contributed by atoms with van der Waals surface area (Å²) in [7, 11) is 0. The van der Waals surface area contributed by atoms with E-state index in [0.29, 0.717) is 27.2 Å². The van der Waals surface area contributed by atoms with Gasteiger partial charge in [0.1, 0.15) is 11.8 Å². The smallest absolute Gasteiger partial charge is 0.306 e. The molecule has 0 unspecified atom stereocenters. The van der Waals surface area contributed by atoms with Crippen molar-refractivity contribution in [3.8, 4) is 11.8 Å². The molecule has 28 heavy (non-hydrogen) atoms. The Balaban J connectivity index is 1.94. The largest absolute Gasteiger partial charge is 0.493 e. The number of halogens is 1. The number of hydrogen-bond acceptors (Lipinski definition) is 5. The fraction of sp³-hybridized carbons (Fsp3) is 0.100. The van der Waals surface area contributed by atoms with E-state index in [1.807, 2.05) is 6.07 Å². The predicted octanol–water partition coefficient (Wildman–Crippen LogP) is 3.49. The number of carboxylic acids is 1. The van der Waals surface area contributed by atoms with Crippen molar-refractivity contribution in [2.75, 3.05) is 6.61 Å². The third kappa shape index (κ3) is 4.55. The Kier molecular flexibility index (Phi) is 5.72. The second kappa shape index (κ2) is 8.37. The summed E-state index contributed by atoms with van der Waals surface area (Å²) in [4.78, 5) is 29.8. The van der Waals surface area contributed by atoms with Gasteiger partial charge in [0.05, 0.1) is 29.5 Å². The molecule has 0 bridgehead atoms. The second-order valence-electron chi connectivity index (χ2n) is 5.81. The molecule has 0 atom stereocenters. The van der Waals surface area contributed by atoms with Crippen molar-refractivity contribution in [1.82, 2.24) is 9.97 Å². The summed E-state index contributed by atoms with van der Waals surface area (Å²) >= 11 is 5.96. The summed E-state index contributed by atoms with van der Waals surface area (Å²) in [5, 5.41) is 19.0. The second-order valence-corrected chi connectivity index (χ2v) is 6.25. The average molecular weight is 396 g/mol. The highest BCUT2D eigenvalue weighted by atomic mass is 35.5. The van der Waals surface area contributed by atoms with Crippen molar-refractivity contribution in [1.29, 1.82) is 5.26 Å². The number of carbonyl (C=O) groups is 1. The number of ether oxygens (including phenoxy) is 1. The van der Waals surface area contributed by atoms with Crippen molar-refractivity contribution in [2.45, 2.75) is 6.42 Å². The molecular formula is C20H14ClN3O4.